The van der Waals surface area contributed by atoms with Crippen molar-refractivity contribution in [1.82, 2.24) is 9.94 Å². The molecule has 5 N–H and O–H groups in total. The van der Waals surface area contributed by atoms with Gasteiger partial charge in [-0.1, -0.05) is 9.94 Å². The van der Waals surface area contributed by atoms with Gasteiger partial charge in [-0.2, -0.15) is 0 Å². The van der Waals surface area contributed by atoms with Gasteiger partial charge in [0.05, 0.1) is 0 Å². The number of fused-ring (bicyclic) bond motifs is 2. The summed E-state index contributed by atoms with van der Waals surface area (Å²) < 4.78 is 30.4. The summed E-state index contributed by atoms with van der Waals surface area (Å²) in [6.07, 6.45) is 0. The van der Waals surface area contributed by atoms with Crippen LogP contribution in [0.1, 0.15) is 5.69 Å². The molecule has 10 heteroatoms. The van der Waals surface area contributed by atoms with Gasteiger partial charge in [0.1, 0.15) is 5.69 Å². The maximum atomic E-state index is 10.9. The molecule has 1 aliphatic heterocycles. The molecular formula is C5H8N4O5S. The zero-order valence-corrected chi connectivity index (χ0v) is 8.14. The van der Waals surface area contributed by atoms with Crippen LogP contribution in [-0.2, 0) is 16.1 Å². The zero-order chi connectivity index (χ0) is 11.3. The standard InChI is InChI=1S/C5H8N4O5S/c6-2-5(7,10)3-1-4-8-9(3)14-15(11,12)13-4/h1,10H,2,6-7H2. The van der Waals surface area contributed by atoms with E-state index in [1.54, 1.807) is 0 Å². The van der Waals surface area contributed by atoms with E-state index in [9.17, 15) is 13.5 Å². The lowest BCUT2D eigenvalue weighted by Gasteiger charge is -2.20. The third kappa shape index (κ3) is 1.63. The van der Waals surface area contributed by atoms with Gasteiger partial charge >= 0.3 is 10.4 Å². The molecule has 0 aromatic carbocycles. The number of aromatic nitrogens is 2. The molecule has 84 valence electrons. The van der Waals surface area contributed by atoms with E-state index in [1.165, 1.54) is 0 Å². The molecule has 1 atom stereocenters. The SMILES string of the molecule is NCC(N)(O)c1cc2nn1OS(=O)(=O)O2. The van der Waals surface area contributed by atoms with Gasteiger partial charge in [0, 0.05) is 12.6 Å². The summed E-state index contributed by atoms with van der Waals surface area (Å²) in [6.45, 7) is -0.332. The Kier molecular flexibility index (Phi) is 1.91. The fourth-order valence-electron chi connectivity index (χ4n) is 1.04. The molecule has 2 bridgehead atoms. The molecular weight excluding hydrogens is 228 g/mol. The number of hydrogen-bond acceptors (Lipinski definition) is 8. The summed E-state index contributed by atoms with van der Waals surface area (Å²) in [4.78, 5) is 0.557. The van der Waals surface area contributed by atoms with Crippen LogP contribution < -0.4 is 19.9 Å². The predicted molar refractivity (Wildman–Crippen MR) is 45.5 cm³/mol. The van der Waals surface area contributed by atoms with Gasteiger partial charge in [-0.25, -0.2) is 4.28 Å². The lowest BCUT2D eigenvalue weighted by atomic mass is 10.1. The molecule has 1 aromatic heterocycles. The van der Waals surface area contributed by atoms with Crippen molar-refractivity contribution in [3.63, 3.8) is 0 Å². The highest BCUT2D eigenvalue weighted by Gasteiger charge is 2.35. The number of nitrogens with two attached hydrogens (primary N) is 2. The van der Waals surface area contributed by atoms with Crippen LogP contribution in [0.3, 0.4) is 0 Å². The van der Waals surface area contributed by atoms with Gasteiger partial charge < -0.3 is 15.0 Å². The van der Waals surface area contributed by atoms with Gasteiger partial charge in [-0.05, 0) is 0 Å². The third-order valence-corrected chi connectivity index (χ3v) is 2.46. The average Bonchev–Trinajstić information content (AvgIpc) is 2.41. The number of rotatable bonds is 2. The summed E-state index contributed by atoms with van der Waals surface area (Å²) in [5, 5.41) is 13.1. The highest BCUT2D eigenvalue weighted by Crippen LogP contribution is 2.23. The van der Waals surface area contributed by atoms with Gasteiger partial charge in [0.15, 0.2) is 5.72 Å². The van der Waals surface area contributed by atoms with Crippen molar-refractivity contribution in [3.8, 4) is 5.88 Å². The van der Waals surface area contributed by atoms with E-state index in [0.717, 1.165) is 6.07 Å². The first-order chi connectivity index (χ1) is 6.84. The van der Waals surface area contributed by atoms with E-state index in [1.807, 2.05) is 0 Å². The van der Waals surface area contributed by atoms with E-state index in [4.69, 9.17) is 11.5 Å². The summed E-state index contributed by atoms with van der Waals surface area (Å²) in [6, 6.07) is 1.12. The van der Waals surface area contributed by atoms with Crippen molar-refractivity contribution >= 4 is 10.4 Å². The Morgan fingerprint density at radius 3 is 2.93 bits per heavy atom. The highest BCUT2D eigenvalue weighted by atomic mass is 32.3. The molecule has 1 aromatic rings. The van der Waals surface area contributed by atoms with Crippen LogP contribution >= 0.6 is 0 Å². The molecule has 0 aliphatic carbocycles. The van der Waals surface area contributed by atoms with Crippen LogP contribution in [0.15, 0.2) is 6.07 Å². The fraction of sp³-hybridized carbons (Fsp3) is 0.400. The minimum absolute atomic E-state index is 0.110. The fourth-order valence-corrected chi connectivity index (χ4v) is 1.65. The first kappa shape index (κ1) is 10.2. The predicted octanol–water partition coefficient (Wildman–Crippen LogP) is -2.99. The van der Waals surface area contributed by atoms with Crippen molar-refractivity contribution in [2.24, 2.45) is 11.5 Å². The number of aliphatic hydroxyl groups is 1. The number of nitrogens with zero attached hydrogens (tertiary/aromatic N) is 2. The molecule has 0 saturated carbocycles. The normalized spacial score (nSPS) is 21.3. The van der Waals surface area contributed by atoms with E-state index in [2.05, 4.69) is 13.6 Å². The monoisotopic (exact) mass is 236 g/mol. The molecule has 15 heavy (non-hydrogen) atoms. The van der Waals surface area contributed by atoms with Crippen molar-refractivity contribution in [2.75, 3.05) is 6.54 Å². The second kappa shape index (κ2) is 2.82. The quantitative estimate of drug-likeness (QED) is 0.461. The molecule has 9 nitrogen and oxygen atoms in total. The smallest absolute Gasteiger partial charge is 0.369 e. The summed E-state index contributed by atoms with van der Waals surface area (Å²) in [5.74, 6) is -0.242. The maximum absolute atomic E-state index is 10.9. The van der Waals surface area contributed by atoms with E-state index >= 15 is 0 Å². The first-order valence-corrected chi connectivity index (χ1v) is 5.14. The molecule has 1 aliphatic rings. The van der Waals surface area contributed by atoms with Gasteiger partial charge in [0.2, 0.25) is 0 Å². The second-order valence-corrected chi connectivity index (χ2v) is 4.07. The summed E-state index contributed by atoms with van der Waals surface area (Å²) in [7, 11) is -4.18. The van der Waals surface area contributed by atoms with Crippen LogP contribution in [0.25, 0.3) is 0 Å². The molecule has 0 fully saturated rings. The lowest BCUT2D eigenvalue weighted by molar-refractivity contribution is 0.0278. The Balaban J connectivity index is 2.50. The van der Waals surface area contributed by atoms with Crippen molar-refractivity contribution in [3.05, 3.63) is 11.8 Å². The Morgan fingerprint density at radius 2 is 2.33 bits per heavy atom. The topological polar surface area (TPSA) is 143 Å². The van der Waals surface area contributed by atoms with E-state index in [-0.39, 0.29) is 18.1 Å². The summed E-state index contributed by atoms with van der Waals surface area (Å²) >= 11 is 0. The Bertz CT molecular complexity index is 492. The van der Waals surface area contributed by atoms with Crippen LogP contribution in [0.5, 0.6) is 5.88 Å². The first-order valence-electron chi connectivity index (χ1n) is 3.80. The highest BCUT2D eigenvalue weighted by molar-refractivity contribution is 7.82. The molecule has 2 rings (SSSR count). The van der Waals surface area contributed by atoms with Crippen LogP contribution in [0.4, 0.5) is 0 Å². The van der Waals surface area contributed by atoms with E-state index < -0.39 is 16.1 Å². The second-order valence-electron chi connectivity index (χ2n) is 2.94. The summed E-state index contributed by atoms with van der Waals surface area (Å²) in [5.41, 5.74) is 8.53. The molecule has 0 saturated heterocycles. The van der Waals surface area contributed by atoms with Gasteiger partial charge in [0.25, 0.3) is 5.88 Å². The van der Waals surface area contributed by atoms with E-state index in [0.29, 0.717) is 4.85 Å². The Labute approximate surface area is 84.5 Å². The Hall–Kier alpha value is -1.36. The minimum Gasteiger partial charge on any atom is -0.369 e. The van der Waals surface area contributed by atoms with Crippen LogP contribution in [-0.4, -0.2) is 30.0 Å². The molecule has 1 unspecified atom stereocenters. The van der Waals surface area contributed by atoms with Crippen molar-refractivity contribution < 1.29 is 22.0 Å². The molecule has 0 amide bonds. The minimum atomic E-state index is -4.18. The maximum Gasteiger partial charge on any atom is 0.523 e. The van der Waals surface area contributed by atoms with Crippen LogP contribution in [0.2, 0.25) is 0 Å². The number of hydrogen-bond donors (Lipinski definition) is 3. The lowest BCUT2D eigenvalue weighted by Crippen LogP contribution is -2.46. The average molecular weight is 236 g/mol. The molecule has 2 heterocycles. The molecule has 0 spiro atoms. The van der Waals surface area contributed by atoms with Crippen molar-refractivity contribution in [1.29, 1.82) is 0 Å². The Morgan fingerprint density at radius 1 is 1.67 bits per heavy atom. The third-order valence-electron chi connectivity index (χ3n) is 1.76. The largest absolute Gasteiger partial charge is 0.523 e. The van der Waals surface area contributed by atoms with Crippen LogP contribution in [0, 0.1) is 0 Å². The molecule has 0 radical (unpaired) electrons. The zero-order valence-electron chi connectivity index (χ0n) is 7.32. The van der Waals surface area contributed by atoms with Gasteiger partial charge in [-0.3, -0.25) is 5.73 Å². The van der Waals surface area contributed by atoms with Gasteiger partial charge in [-0.15, -0.1) is 8.42 Å². The van der Waals surface area contributed by atoms with Crippen molar-refractivity contribution in [2.45, 2.75) is 5.72 Å².